The second-order valence-electron chi connectivity index (χ2n) is 28.6. The number of aliphatic hydroxyl groups is 12. The maximum absolute atomic E-state index is 13.6. The van der Waals surface area contributed by atoms with Gasteiger partial charge in [-0.25, -0.2) is 9.59 Å². The molecule has 0 bridgehead atoms. The zero-order valence-electron chi connectivity index (χ0n) is 53.2. The van der Waals surface area contributed by atoms with Crippen molar-refractivity contribution in [2.75, 3.05) is 33.0 Å². The number of rotatable bonds is 19. The number of aliphatic hydroxyl groups excluding tert-OH is 12. The molecular formula is C63H98O28. The molecule has 4 heterocycles. The molecule has 8 fully saturated rings. The molecule has 0 aromatic rings. The summed E-state index contributed by atoms with van der Waals surface area (Å²) in [5, 5.41) is 143. The Morgan fingerprint density at radius 1 is 0.637 bits per heavy atom. The number of hydrogen-bond acceptors (Lipinski definition) is 27. The van der Waals surface area contributed by atoms with E-state index in [0.29, 0.717) is 38.5 Å². The fourth-order valence-corrected chi connectivity index (χ4v) is 18.0. The summed E-state index contributed by atoms with van der Waals surface area (Å²) < 4.78 is 67.7. The van der Waals surface area contributed by atoms with Gasteiger partial charge in [-0.05, 0) is 97.2 Å². The second-order valence-corrected chi connectivity index (χ2v) is 28.6. The third kappa shape index (κ3) is 12.7. The van der Waals surface area contributed by atoms with Crippen LogP contribution in [0.3, 0.4) is 0 Å². The Balaban J connectivity index is 1.07. The highest BCUT2D eigenvalue weighted by molar-refractivity contribution is 5.82. The fraction of sp³-hybridized carbons (Fsp3) is 0.873. The van der Waals surface area contributed by atoms with Crippen molar-refractivity contribution < 1.29 is 138 Å². The van der Waals surface area contributed by atoms with Gasteiger partial charge in [0.2, 0.25) is 0 Å². The Labute approximate surface area is 528 Å². The van der Waals surface area contributed by atoms with Crippen molar-refractivity contribution in [1.29, 1.82) is 0 Å². The minimum Gasteiger partial charge on any atom is -0.479 e. The molecule has 518 valence electrons. The molecule has 28 heteroatoms. The molecule has 91 heavy (non-hydrogen) atoms. The van der Waals surface area contributed by atoms with Crippen LogP contribution in [0.15, 0.2) is 23.8 Å². The number of carboxylic acids is 1. The predicted molar refractivity (Wildman–Crippen MR) is 308 cm³/mol. The molecule has 13 N–H and O–H groups in total. The number of fused-ring (bicyclic) bond motifs is 7. The Kier molecular flexibility index (Phi) is 21.8. The highest BCUT2D eigenvalue weighted by atomic mass is 16.8. The molecule has 0 aromatic carbocycles. The molecule has 0 amide bonds. The Bertz CT molecular complexity index is 2640. The van der Waals surface area contributed by atoms with Crippen molar-refractivity contribution in [3.05, 3.63) is 23.8 Å². The van der Waals surface area contributed by atoms with Crippen molar-refractivity contribution in [1.82, 2.24) is 0 Å². The molecule has 4 saturated carbocycles. The van der Waals surface area contributed by atoms with E-state index in [1.807, 2.05) is 27.7 Å². The first kappa shape index (κ1) is 71.8. The van der Waals surface area contributed by atoms with Crippen LogP contribution in [0.4, 0.5) is 0 Å². The van der Waals surface area contributed by atoms with Gasteiger partial charge in [0.1, 0.15) is 91.6 Å². The van der Waals surface area contributed by atoms with E-state index < -0.39 is 224 Å². The lowest BCUT2D eigenvalue weighted by molar-refractivity contribution is -0.399. The van der Waals surface area contributed by atoms with Crippen LogP contribution >= 0.6 is 0 Å². The van der Waals surface area contributed by atoms with Gasteiger partial charge in [-0.3, -0.25) is 9.59 Å². The fourth-order valence-electron chi connectivity index (χ4n) is 18.0. The summed E-state index contributed by atoms with van der Waals surface area (Å²) >= 11 is 0. The molecule has 4 saturated heterocycles. The van der Waals surface area contributed by atoms with Crippen LogP contribution in [0, 0.1) is 50.2 Å². The molecule has 4 aliphatic heterocycles. The number of unbranched alkanes of at least 4 members (excludes halogenated alkanes) is 1. The monoisotopic (exact) mass is 1300 g/mol. The summed E-state index contributed by atoms with van der Waals surface area (Å²) in [5.41, 5.74) is -4.24. The molecular weight excluding hydrogens is 1200 g/mol. The SMILES string of the molecule is CCC/C=C\C(=O)O[C@@H]1[C@H](OC(C)=O)[C@]2(CO)[C@H](OC(C)=O)C[C@]3(C)C(=CC[C@@H]4[C@@]5(C)CC[C@H](O[C@@H]6O[C@H](C(=O)O)[C@@H](O)[C@H](O[C@@H]7OC[C@H](O)[C@H](O)[C@H]7OC7OCC(O)C(O)C7O)[C@H]6O[C@@H]6O[C@H](CO)[C@H](O)[C@H](O)[C@H]6O)[C@@](C)(CCO)[C@@H]5CC[C@]43C)[C@@H]2CC1(C)C. The maximum atomic E-state index is 13.6. The van der Waals surface area contributed by atoms with Crippen molar-refractivity contribution >= 4 is 23.9 Å². The average Bonchev–Trinajstić information content (AvgIpc) is 0.669. The van der Waals surface area contributed by atoms with E-state index in [1.54, 1.807) is 6.08 Å². The summed E-state index contributed by atoms with van der Waals surface area (Å²) in [7, 11) is 0. The van der Waals surface area contributed by atoms with Crippen molar-refractivity contribution in [2.24, 2.45) is 50.2 Å². The summed E-state index contributed by atoms with van der Waals surface area (Å²) in [4.78, 5) is 53.6. The Hall–Kier alpha value is -3.44. The molecule has 30 atom stereocenters. The van der Waals surface area contributed by atoms with Crippen molar-refractivity contribution in [3.8, 4) is 0 Å². The molecule has 5 aliphatic carbocycles. The Morgan fingerprint density at radius 2 is 1.27 bits per heavy atom. The van der Waals surface area contributed by atoms with Crippen LogP contribution < -0.4 is 0 Å². The summed E-state index contributed by atoms with van der Waals surface area (Å²) in [6.07, 6.45) is -29.1. The maximum Gasteiger partial charge on any atom is 0.335 e. The van der Waals surface area contributed by atoms with Crippen LogP contribution in [0.5, 0.6) is 0 Å². The van der Waals surface area contributed by atoms with Crippen LogP contribution in [0.1, 0.15) is 127 Å². The Morgan fingerprint density at radius 3 is 1.90 bits per heavy atom. The third-order valence-electron chi connectivity index (χ3n) is 22.9. The van der Waals surface area contributed by atoms with E-state index in [-0.39, 0.29) is 37.7 Å². The van der Waals surface area contributed by atoms with E-state index in [2.05, 4.69) is 26.8 Å². The molecule has 0 radical (unpaired) electrons. The molecule has 9 aliphatic rings. The molecule has 28 nitrogen and oxygen atoms in total. The normalized spacial score (nSPS) is 48.8. The smallest absolute Gasteiger partial charge is 0.335 e. The largest absolute Gasteiger partial charge is 0.479 e. The lowest BCUT2D eigenvalue weighted by Crippen LogP contribution is -2.73. The van der Waals surface area contributed by atoms with E-state index in [4.69, 9.17) is 52.1 Å². The third-order valence-corrected chi connectivity index (χ3v) is 22.9. The minimum absolute atomic E-state index is 0.119. The van der Waals surface area contributed by atoms with Crippen LogP contribution in [0.2, 0.25) is 0 Å². The minimum atomic E-state index is -2.26. The standard InChI is InChI=1S/C63H98O28/c1-10-11-12-13-39(71)87-51-52(84-29(3)68)63(27-66)31(22-58(51,4)5)30-14-15-36-59(6)18-17-37(60(7,20-21-64)35(59)16-19-61(36,8)62(30,9)23-38(63)83-28(2)67)86-57-50(91-55-45(77)43(75)42(74)34(24-65)85-55)47(46(78)48(89-57)53(79)80)88-56-49(41(73)33(70)26-82-56)90-54-44(76)40(72)32(69)25-81-54/h12-14,31-38,40-52,54-57,64-66,69-70,72-78H,10-11,15-27H2,1-9H3,(H,79,80)/b13-12-/t31-,32?,33-,34+,35+,36+,37-,38+,40?,41-,42-,43-,44?,45+,46-,47-,48-,49+,50+,51+,52-,54?,55-,56-,57+,59-,60-,61+,62+,63-/m0/s1. The van der Waals surface area contributed by atoms with E-state index in [1.165, 1.54) is 19.9 Å². The molecule has 4 unspecified atom stereocenters. The predicted octanol–water partition coefficient (Wildman–Crippen LogP) is -0.868. The number of esters is 3. The van der Waals surface area contributed by atoms with Gasteiger partial charge in [-0.15, -0.1) is 0 Å². The van der Waals surface area contributed by atoms with Crippen LogP contribution in [-0.2, 0) is 71.3 Å². The van der Waals surface area contributed by atoms with Gasteiger partial charge < -0.3 is 118 Å². The van der Waals surface area contributed by atoms with E-state index >= 15 is 0 Å². The lowest BCUT2D eigenvalue weighted by Gasteiger charge is -2.73. The van der Waals surface area contributed by atoms with E-state index in [0.717, 1.165) is 12.0 Å². The first-order valence-corrected chi connectivity index (χ1v) is 32.0. The number of carbonyl (C=O) groups excluding carboxylic acids is 3. The lowest BCUT2D eigenvalue weighted by atomic mass is 9.32. The van der Waals surface area contributed by atoms with Gasteiger partial charge in [0.15, 0.2) is 37.4 Å². The molecule has 9 rings (SSSR count). The van der Waals surface area contributed by atoms with Gasteiger partial charge >= 0.3 is 23.9 Å². The van der Waals surface area contributed by atoms with Crippen LogP contribution in [0.25, 0.3) is 0 Å². The van der Waals surface area contributed by atoms with Gasteiger partial charge in [0, 0.05) is 31.9 Å². The number of hydrogen-bond donors (Lipinski definition) is 13. The van der Waals surface area contributed by atoms with Crippen molar-refractivity contribution in [3.63, 3.8) is 0 Å². The van der Waals surface area contributed by atoms with Crippen molar-refractivity contribution in [2.45, 2.75) is 262 Å². The van der Waals surface area contributed by atoms with Gasteiger partial charge in [-0.2, -0.15) is 0 Å². The number of aliphatic carboxylic acids is 1. The molecule has 0 spiro atoms. The average molecular weight is 1300 g/mol. The zero-order valence-corrected chi connectivity index (χ0v) is 53.2. The number of ether oxygens (including phenoxy) is 11. The quantitative estimate of drug-likeness (QED) is 0.0246. The van der Waals surface area contributed by atoms with Gasteiger partial charge in [0.05, 0.1) is 37.9 Å². The molecule has 0 aromatic heterocycles. The highest BCUT2D eigenvalue weighted by Gasteiger charge is 2.75. The van der Waals surface area contributed by atoms with Gasteiger partial charge in [0.25, 0.3) is 0 Å². The summed E-state index contributed by atoms with van der Waals surface area (Å²) in [6.45, 7) is 13.9. The number of carboxylic acid groups (broad SMARTS) is 1. The first-order chi connectivity index (χ1) is 42.7. The first-order valence-electron chi connectivity index (χ1n) is 32.0. The second kappa shape index (κ2) is 27.6. The zero-order chi connectivity index (χ0) is 66.8. The summed E-state index contributed by atoms with van der Waals surface area (Å²) in [6, 6.07) is 0. The summed E-state index contributed by atoms with van der Waals surface area (Å²) in [5.74, 6) is -4.65. The van der Waals surface area contributed by atoms with Gasteiger partial charge in [-0.1, -0.05) is 72.6 Å². The highest BCUT2D eigenvalue weighted by Crippen LogP contribution is 2.77. The number of allylic oxidation sites excluding steroid dienone is 3. The van der Waals surface area contributed by atoms with Crippen LogP contribution in [-0.4, -0.2) is 258 Å². The number of carbonyl (C=O) groups is 4. The van der Waals surface area contributed by atoms with E-state index in [9.17, 15) is 85.6 Å². The topological polar surface area (TPSA) is 433 Å².